The first-order valence-corrected chi connectivity index (χ1v) is 9.34. The molecule has 2 N–H and O–H groups in total. The molecule has 3 aromatic rings. The molecule has 4 heteroatoms. The van der Waals surface area contributed by atoms with Crippen LogP contribution in [0.2, 0.25) is 0 Å². The predicted octanol–water partition coefficient (Wildman–Crippen LogP) is 4.59. The second-order valence-electron chi connectivity index (χ2n) is 6.32. The van der Waals surface area contributed by atoms with E-state index < -0.39 is 0 Å². The van der Waals surface area contributed by atoms with Crippen LogP contribution >= 0.6 is 12.2 Å². The van der Waals surface area contributed by atoms with Crippen molar-refractivity contribution < 1.29 is 4.79 Å². The monoisotopic (exact) mass is 374 g/mol. The van der Waals surface area contributed by atoms with Crippen molar-refractivity contribution in [3.05, 3.63) is 108 Å². The average Bonchev–Trinajstić information content (AvgIpc) is 2.72. The van der Waals surface area contributed by atoms with Gasteiger partial charge in [-0.25, -0.2) is 0 Å². The molecule has 0 saturated heterocycles. The number of hydrogen-bond acceptors (Lipinski definition) is 2. The summed E-state index contributed by atoms with van der Waals surface area (Å²) in [5, 5.41) is 0.101. The van der Waals surface area contributed by atoms with Gasteiger partial charge in [-0.2, -0.15) is 0 Å². The van der Waals surface area contributed by atoms with Crippen molar-refractivity contribution in [1.29, 1.82) is 0 Å². The molecule has 0 aromatic heterocycles. The summed E-state index contributed by atoms with van der Waals surface area (Å²) in [4.78, 5) is 14.3. The predicted molar refractivity (Wildman–Crippen MR) is 114 cm³/mol. The third-order valence-electron chi connectivity index (χ3n) is 4.58. The first kappa shape index (κ1) is 18.8. The fourth-order valence-electron chi connectivity index (χ4n) is 3.20. The largest absolute Gasteiger partial charge is 0.376 e. The highest BCUT2D eigenvalue weighted by molar-refractivity contribution is 7.80. The van der Waals surface area contributed by atoms with E-state index in [1.807, 2.05) is 54.6 Å². The van der Waals surface area contributed by atoms with Crippen molar-refractivity contribution in [2.24, 2.45) is 5.73 Å². The summed E-state index contributed by atoms with van der Waals surface area (Å²) < 4.78 is 0. The Morgan fingerprint density at radius 1 is 0.815 bits per heavy atom. The minimum Gasteiger partial charge on any atom is -0.376 e. The minimum absolute atomic E-state index is 0.101. The van der Waals surface area contributed by atoms with E-state index in [2.05, 4.69) is 24.3 Å². The number of carbonyl (C=O) groups excluding carboxylic acids is 1. The average molecular weight is 375 g/mol. The van der Waals surface area contributed by atoms with Gasteiger partial charge in [0.05, 0.1) is 0 Å². The number of thiocarbonyl (C=S) groups is 1. The summed E-state index contributed by atoms with van der Waals surface area (Å²) in [6.45, 7) is 0.456. The van der Waals surface area contributed by atoms with Gasteiger partial charge in [0.25, 0.3) is 5.91 Å². The van der Waals surface area contributed by atoms with Crippen LogP contribution in [0.5, 0.6) is 0 Å². The van der Waals surface area contributed by atoms with Gasteiger partial charge in [-0.3, -0.25) is 9.69 Å². The zero-order valence-corrected chi connectivity index (χ0v) is 15.8. The molecule has 3 aromatic carbocycles. The topological polar surface area (TPSA) is 46.3 Å². The maximum atomic E-state index is 12.8. The lowest BCUT2D eigenvalue weighted by atomic mass is 9.88. The van der Waals surface area contributed by atoms with Gasteiger partial charge in [0.2, 0.25) is 0 Å². The Kier molecular flexibility index (Phi) is 6.34. The Bertz CT molecular complexity index is 843. The molecule has 3 nitrogen and oxygen atoms in total. The van der Waals surface area contributed by atoms with Crippen LogP contribution in [-0.4, -0.2) is 22.5 Å². The molecule has 0 radical (unpaired) electrons. The smallest absolute Gasteiger partial charge is 0.260 e. The Labute approximate surface area is 165 Å². The molecule has 0 aliphatic carbocycles. The Hall–Kier alpha value is -2.98. The fourth-order valence-corrected chi connectivity index (χ4v) is 3.38. The molecular formula is C23H22N2OS. The van der Waals surface area contributed by atoms with Crippen LogP contribution in [-0.2, 0) is 0 Å². The van der Waals surface area contributed by atoms with Gasteiger partial charge in [0.1, 0.15) is 0 Å². The second kappa shape index (κ2) is 9.10. The van der Waals surface area contributed by atoms with E-state index >= 15 is 0 Å². The molecule has 0 aliphatic rings. The van der Waals surface area contributed by atoms with E-state index in [9.17, 15) is 4.79 Å². The highest BCUT2D eigenvalue weighted by Crippen LogP contribution is 2.28. The Morgan fingerprint density at radius 2 is 1.26 bits per heavy atom. The first-order valence-electron chi connectivity index (χ1n) is 8.93. The summed E-state index contributed by atoms with van der Waals surface area (Å²) >= 11 is 5.16. The quantitative estimate of drug-likeness (QED) is 0.642. The van der Waals surface area contributed by atoms with Crippen LogP contribution in [0.15, 0.2) is 91.0 Å². The van der Waals surface area contributed by atoms with E-state index in [4.69, 9.17) is 18.0 Å². The molecule has 0 fully saturated rings. The maximum Gasteiger partial charge on any atom is 0.260 e. The molecule has 0 heterocycles. The van der Waals surface area contributed by atoms with Gasteiger partial charge in [0, 0.05) is 18.0 Å². The maximum absolute atomic E-state index is 12.8. The summed E-state index contributed by atoms with van der Waals surface area (Å²) in [6, 6.07) is 29.7. The van der Waals surface area contributed by atoms with Gasteiger partial charge in [-0.15, -0.1) is 0 Å². The van der Waals surface area contributed by atoms with Crippen LogP contribution in [0, 0.1) is 0 Å². The summed E-state index contributed by atoms with van der Waals surface area (Å²) in [5.41, 5.74) is 8.87. The van der Waals surface area contributed by atoms with Crippen LogP contribution in [0.4, 0.5) is 0 Å². The fraction of sp³-hybridized carbons (Fsp3) is 0.130. The summed E-state index contributed by atoms with van der Waals surface area (Å²) in [5.74, 6) is -0.00389. The van der Waals surface area contributed by atoms with Crippen molar-refractivity contribution in [3.8, 4) is 0 Å². The number of nitrogens with two attached hydrogens (primary N) is 1. The van der Waals surface area contributed by atoms with Crippen LogP contribution < -0.4 is 5.73 Å². The van der Waals surface area contributed by atoms with E-state index in [1.54, 1.807) is 12.1 Å². The van der Waals surface area contributed by atoms with Gasteiger partial charge >= 0.3 is 0 Å². The number of hydrogen-bond donors (Lipinski definition) is 1. The molecule has 136 valence electrons. The van der Waals surface area contributed by atoms with E-state index in [-0.39, 0.29) is 16.9 Å². The van der Waals surface area contributed by atoms with Gasteiger partial charge in [-0.1, -0.05) is 78.9 Å². The molecule has 1 amide bonds. The van der Waals surface area contributed by atoms with Crippen molar-refractivity contribution >= 4 is 23.2 Å². The second-order valence-corrected chi connectivity index (χ2v) is 6.74. The molecule has 0 bridgehead atoms. The van der Waals surface area contributed by atoms with Gasteiger partial charge in [0.15, 0.2) is 5.11 Å². The molecular weight excluding hydrogens is 352 g/mol. The molecule has 0 saturated carbocycles. The lowest BCUT2D eigenvalue weighted by Crippen LogP contribution is -2.41. The van der Waals surface area contributed by atoms with Gasteiger partial charge in [-0.05, 0) is 41.9 Å². The Balaban J connectivity index is 1.83. The van der Waals surface area contributed by atoms with Crippen LogP contribution in [0.1, 0.15) is 33.8 Å². The highest BCUT2D eigenvalue weighted by atomic mass is 32.1. The van der Waals surface area contributed by atoms with E-state index in [0.29, 0.717) is 12.1 Å². The van der Waals surface area contributed by atoms with E-state index in [1.165, 1.54) is 16.0 Å². The van der Waals surface area contributed by atoms with Crippen LogP contribution in [0.3, 0.4) is 0 Å². The van der Waals surface area contributed by atoms with Crippen molar-refractivity contribution in [3.63, 3.8) is 0 Å². The number of rotatable bonds is 6. The molecule has 0 aliphatic heterocycles. The minimum atomic E-state index is -0.164. The van der Waals surface area contributed by atoms with Crippen molar-refractivity contribution in [2.45, 2.75) is 12.3 Å². The summed E-state index contributed by atoms with van der Waals surface area (Å²) in [7, 11) is 0. The molecule has 0 unspecified atom stereocenters. The lowest BCUT2D eigenvalue weighted by molar-refractivity contribution is 0.0846. The number of carbonyl (C=O) groups is 1. The van der Waals surface area contributed by atoms with Crippen molar-refractivity contribution in [1.82, 2.24) is 4.90 Å². The lowest BCUT2D eigenvalue weighted by Gasteiger charge is -2.25. The number of nitrogens with zero attached hydrogens (tertiary/aromatic N) is 1. The third kappa shape index (κ3) is 4.80. The molecule has 3 rings (SSSR count). The standard InChI is InChI=1S/C23H22N2OS/c24-23(27)25(22(26)20-14-8-3-9-15-20)17-16-21(18-10-4-1-5-11-18)19-12-6-2-7-13-19/h1-15,21H,16-17H2,(H2,24,27). The van der Waals surface area contributed by atoms with Gasteiger partial charge < -0.3 is 5.73 Å². The van der Waals surface area contributed by atoms with Crippen molar-refractivity contribution in [2.75, 3.05) is 6.54 Å². The van der Waals surface area contributed by atoms with E-state index in [0.717, 1.165) is 6.42 Å². The Morgan fingerprint density at radius 3 is 1.70 bits per heavy atom. The summed E-state index contributed by atoms with van der Waals surface area (Å²) in [6.07, 6.45) is 0.726. The highest BCUT2D eigenvalue weighted by Gasteiger charge is 2.21. The number of amides is 1. The first-order chi connectivity index (χ1) is 13.2. The molecule has 27 heavy (non-hydrogen) atoms. The number of benzene rings is 3. The molecule has 0 atom stereocenters. The third-order valence-corrected chi connectivity index (χ3v) is 4.80. The zero-order chi connectivity index (χ0) is 19.1. The SMILES string of the molecule is NC(=S)N(CCC(c1ccccc1)c1ccccc1)C(=O)c1ccccc1. The zero-order valence-electron chi connectivity index (χ0n) is 15.0. The normalized spacial score (nSPS) is 10.6. The van der Waals surface area contributed by atoms with Crippen LogP contribution in [0.25, 0.3) is 0 Å². The molecule has 0 spiro atoms.